The first-order valence-electron chi connectivity index (χ1n) is 8.59. The Balaban J connectivity index is 1.32. The van der Waals surface area contributed by atoms with Crippen molar-refractivity contribution >= 4 is 0 Å². The van der Waals surface area contributed by atoms with Gasteiger partial charge in [-0.05, 0) is 43.0 Å². The summed E-state index contributed by atoms with van der Waals surface area (Å²) in [5.74, 6) is -0.165. The highest BCUT2D eigenvalue weighted by molar-refractivity contribution is 5.19. The zero-order valence-electron chi connectivity index (χ0n) is 14.3. The van der Waals surface area contributed by atoms with E-state index >= 15 is 0 Å². The number of benzene rings is 1. The second kappa shape index (κ2) is 5.97. The predicted octanol–water partition coefficient (Wildman–Crippen LogP) is 2.70. The van der Waals surface area contributed by atoms with Crippen LogP contribution >= 0.6 is 0 Å². The number of nitrogens with zero attached hydrogens (tertiary/aromatic N) is 3. The summed E-state index contributed by atoms with van der Waals surface area (Å²) >= 11 is 0. The summed E-state index contributed by atoms with van der Waals surface area (Å²) in [6.45, 7) is 6.06. The van der Waals surface area contributed by atoms with Gasteiger partial charge in [-0.2, -0.15) is 5.10 Å². The van der Waals surface area contributed by atoms with Crippen LogP contribution in [0.3, 0.4) is 0 Å². The van der Waals surface area contributed by atoms with Gasteiger partial charge in [0, 0.05) is 32.1 Å². The first kappa shape index (κ1) is 15.8. The molecule has 1 aromatic heterocycles. The van der Waals surface area contributed by atoms with Crippen LogP contribution in [0.1, 0.15) is 23.2 Å². The van der Waals surface area contributed by atoms with Crippen molar-refractivity contribution in [3.05, 3.63) is 53.1 Å². The van der Waals surface area contributed by atoms with Gasteiger partial charge in [0.05, 0.1) is 24.6 Å². The Morgan fingerprint density at radius 2 is 2.21 bits per heavy atom. The van der Waals surface area contributed by atoms with Crippen LogP contribution < -0.4 is 0 Å². The van der Waals surface area contributed by atoms with Crippen LogP contribution in [0, 0.1) is 18.2 Å². The van der Waals surface area contributed by atoms with Gasteiger partial charge in [-0.25, -0.2) is 4.39 Å². The van der Waals surface area contributed by atoms with Gasteiger partial charge < -0.3 is 4.74 Å². The lowest BCUT2D eigenvalue weighted by molar-refractivity contribution is -0.0154. The topological polar surface area (TPSA) is 30.3 Å². The lowest BCUT2D eigenvalue weighted by Crippen LogP contribution is -2.56. The highest BCUT2D eigenvalue weighted by Gasteiger charge is 2.48. The molecule has 1 aromatic carbocycles. The predicted molar refractivity (Wildman–Crippen MR) is 90.1 cm³/mol. The molecule has 1 spiro atoms. The SMILES string of the molecule is Cc1cnn(C)c1CN1CC2(COC(Cc3cccc(F)c3)C2)C1. The Morgan fingerprint density at radius 1 is 1.38 bits per heavy atom. The van der Waals surface area contributed by atoms with Crippen molar-refractivity contribution in [2.45, 2.75) is 32.4 Å². The summed E-state index contributed by atoms with van der Waals surface area (Å²) in [5.41, 5.74) is 3.87. The van der Waals surface area contributed by atoms with Crippen LogP contribution in [-0.4, -0.2) is 40.5 Å². The molecule has 3 heterocycles. The minimum Gasteiger partial charge on any atom is -0.377 e. The smallest absolute Gasteiger partial charge is 0.123 e. The zero-order chi connectivity index (χ0) is 16.7. The lowest BCUT2D eigenvalue weighted by atomic mass is 9.77. The van der Waals surface area contributed by atoms with Gasteiger partial charge >= 0.3 is 0 Å². The molecule has 0 saturated carbocycles. The molecule has 0 radical (unpaired) electrons. The fourth-order valence-corrected chi connectivity index (χ4v) is 4.20. The van der Waals surface area contributed by atoms with Gasteiger partial charge in [0.2, 0.25) is 0 Å². The molecule has 0 N–H and O–H groups in total. The molecule has 2 saturated heterocycles. The van der Waals surface area contributed by atoms with Crippen LogP contribution in [0.15, 0.2) is 30.5 Å². The van der Waals surface area contributed by atoms with Crippen LogP contribution in [0.5, 0.6) is 0 Å². The first-order valence-corrected chi connectivity index (χ1v) is 8.59. The van der Waals surface area contributed by atoms with E-state index in [1.807, 2.05) is 24.0 Å². The molecule has 4 nitrogen and oxygen atoms in total. The van der Waals surface area contributed by atoms with Crippen LogP contribution in [0.2, 0.25) is 0 Å². The van der Waals surface area contributed by atoms with Gasteiger partial charge in [0.15, 0.2) is 0 Å². The summed E-state index contributed by atoms with van der Waals surface area (Å²) in [6, 6.07) is 6.86. The third-order valence-corrected chi connectivity index (χ3v) is 5.40. The Morgan fingerprint density at radius 3 is 2.92 bits per heavy atom. The van der Waals surface area contributed by atoms with Crippen molar-refractivity contribution in [2.24, 2.45) is 12.5 Å². The molecule has 2 aliphatic rings. The van der Waals surface area contributed by atoms with Crippen molar-refractivity contribution in [3.63, 3.8) is 0 Å². The highest BCUT2D eigenvalue weighted by Crippen LogP contribution is 2.42. The number of ether oxygens (including phenoxy) is 1. The average molecular weight is 329 g/mol. The number of rotatable bonds is 4. The van der Waals surface area contributed by atoms with Crippen molar-refractivity contribution in [1.29, 1.82) is 0 Å². The van der Waals surface area contributed by atoms with Crippen molar-refractivity contribution in [3.8, 4) is 0 Å². The van der Waals surface area contributed by atoms with Crippen LogP contribution in [0.4, 0.5) is 4.39 Å². The molecule has 4 rings (SSSR count). The molecule has 2 aliphatic heterocycles. The highest BCUT2D eigenvalue weighted by atomic mass is 19.1. The summed E-state index contributed by atoms with van der Waals surface area (Å²) < 4.78 is 21.3. The molecular formula is C19H24FN3O. The lowest BCUT2D eigenvalue weighted by Gasteiger charge is -2.47. The van der Waals surface area contributed by atoms with E-state index in [2.05, 4.69) is 16.9 Å². The molecule has 2 aromatic rings. The van der Waals surface area contributed by atoms with Crippen LogP contribution in [-0.2, 0) is 24.8 Å². The maximum atomic E-state index is 13.3. The summed E-state index contributed by atoms with van der Waals surface area (Å²) in [7, 11) is 2.01. The summed E-state index contributed by atoms with van der Waals surface area (Å²) in [4.78, 5) is 2.47. The Bertz CT molecular complexity index is 716. The standard InChI is InChI=1S/C19H24FN3O/c1-14-9-21-22(2)18(14)10-23-11-19(12-23)8-17(24-13-19)7-15-4-3-5-16(20)6-15/h3-6,9,17H,7-8,10-13H2,1-2H3. The molecule has 0 aliphatic carbocycles. The molecule has 0 amide bonds. The van der Waals surface area contributed by atoms with E-state index in [9.17, 15) is 4.39 Å². The quantitative estimate of drug-likeness (QED) is 0.864. The summed E-state index contributed by atoms with van der Waals surface area (Å²) in [6.07, 6.45) is 4.02. The maximum absolute atomic E-state index is 13.3. The molecule has 0 bridgehead atoms. The maximum Gasteiger partial charge on any atom is 0.123 e. The van der Waals surface area contributed by atoms with E-state index in [4.69, 9.17) is 4.74 Å². The molecular weight excluding hydrogens is 305 g/mol. The van der Waals surface area contributed by atoms with Gasteiger partial charge in [-0.1, -0.05) is 12.1 Å². The number of halogens is 1. The van der Waals surface area contributed by atoms with E-state index in [-0.39, 0.29) is 11.9 Å². The molecule has 1 atom stereocenters. The monoisotopic (exact) mass is 329 g/mol. The number of hydrogen-bond donors (Lipinski definition) is 0. The third-order valence-electron chi connectivity index (χ3n) is 5.40. The minimum absolute atomic E-state index is 0.165. The molecule has 24 heavy (non-hydrogen) atoms. The fourth-order valence-electron chi connectivity index (χ4n) is 4.20. The minimum atomic E-state index is -0.165. The Kier molecular flexibility index (Phi) is 3.93. The van der Waals surface area contributed by atoms with Gasteiger partial charge in [0.25, 0.3) is 0 Å². The van der Waals surface area contributed by atoms with Crippen molar-refractivity contribution in [1.82, 2.24) is 14.7 Å². The number of aromatic nitrogens is 2. The van der Waals surface area contributed by atoms with Crippen molar-refractivity contribution < 1.29 is 9.13 Å². The molecule has 5 heteroatoms. The van der Waals surface area contributed by atoms with E-state index < -0.39 is 0 Å². The van der Waals surface area contributed by atoms with E-state index in [1.165, 1.54) is 17.3 Å². The Labute approximate surface area is 142 Å². The first-order chi connectivity index (χ1) is 11.5. The third kappa shape index (κ3) is 2.98. The van der Waals surface area contributed by atoms with E-state index in [1.54, 1.807) is 12.1 Å². The normalized spacial score (nSPS) is 22.9. The molecule has 1 unspecified atom stereocenters. The largest absolute Gasteiger partial charge is 0.377 e. The second-order valence-corrected chi connectivity index (χ2v) is 7.51. The number of likely N-dealkylation sites (tertiary alicyclic amines) is 1. The van der Waals surface area contributed by atoms with Gasteiger partial charge in [-0.3, -0.25) is 9.58 Å². The van der Waals surface area contributed by atoms with E-state index in [0.29, 0.717) is 5.41 Å². The Hall–Kier alpha value is -1.72. The number of aryl methyl sites for hydroxylation is 2. The zero-order valence-corrected chi connectivity index (χ0v) is 14.3. The van der Waals surface area contributed by atoms with E-state index in [0.717, 1.165) is 44.6 Å². The molecule has 2 fully saturated rings. The molecule has 128 valence electrons. The second-order valence-electron chi connectivity index (χ2n) is 7.51. The fraction of sp³-hybridized carbons (Fsp3) is 0.526. The average Bonchev–Trinajstić information content (AvgIpc) is 3.05. The van der Waals surface area contributed by atoms with Gasteiger partial charge in [-0.15, -0.1) is 0 Å². The van der Waals surface area contributed by atoms with Crippen molar-refractivity contribution in [2.75, 3.05) is 19.7 Å². The number of hydrogen-bond acceptors (Lipinski definition) is 3. The summed E-state index contributed by atoms with van der Waals surface area (Å²) in [5, 5.41) is 4.32. The van der Waals surface area contributed by atoms with Gasteiger partial charge in [0.1, 0.15) is 5.82 Å². The van der Waals surface area contributed by atoms with Crippen LogP contribution in [0.25, 0.3) is 0 Å².